The monoisotopic (exact) mass is 491 g/mol. The van der Waals surface area contributed by atoms with Crippen LogP contribution >= 0.6 is 27.3 Å². The summed E-state index contributed by atoms with van der Waals surface area (Å²) < 4.78 is 28.1. The van der Waals surface area contributed by atoms with Gasteiger partial charge < -0.3 is 0 Å². The van der Waals surface area contributed by atoms with Gasteiger partial charge >= 0.3 is 0 Å². The van der Waals surface area contributed by atoms with E-state index in [1.807, 2.05) is 18.4 Å². The number of nitrogens with zero attached hydrogens (tertiary/aromatic N) is 2. The van der Waals surface area contributed by atoms with Crippen LogP contribution < -0.4 is 9.73 Å². The Balaban J connectivity index is 1.85. The lowest BCUT2D eigenvalue weighted by atomic mass is 10.3. The number of sulfonamides is 1. The molecule has 0 unspecified atom stereocenters. The summed E-state index contributed by atoms with van der Waals surface area (Å²) in [4.78, 5) is 13.5. The lowest BCUT2D eigenvalue weighted by Crippen LogP contribution is -2.39. The number of carbonyl (C=O) groups is 1. The van der Waals surface area contributed by atoms with E-state index in [2.05, 4.69) is 26.5 Å². The lowest BCUT2D eigenvalue weighted by molar-refractivity contribution is -0.119. The molecule has 0 aliphatic rings. The van der Waals surface area contributed by atoms with Gasteiger partial charge in [-0.25, -0.2) is 13.8 Å². The van der Waals surface area contributed by atoms with Crippen molar-refractivity contribution in [2.24, 2.45) is 5.10 Å². The highest BCUT2D eigenvalue weighted by Crippen LogP contribution is 2.26. The van der Waals surface area contributed by atoms with Gasteiger partial charge in [0, 0.05) is 9.35 Å². The highest BCUT2D eigenvalue weighted by molar-refractivity contribution is 9.10. The molecule has 0 saturated heterocycles. The Morgan fingerprint density at radius 2 is 1.93 bits per heavy atom. The van der Waals surface area contributed by atoms with Crippen LogP contribution in [0.4, 0.5) is 5.69 Å². The third-order valence-corrected chi connectivity index (χ3v) is 7.22. The van der Waals surface area contributed by atoms with Crippen LogP contribution in [0.15, 0.2) is 80.5 Å². The van der Waals surface area contributed by atoms with Gasteiger partial charge in [0.05, 0.1) is 16.8 Å². The predicted molar refractivity (Wildman–Crippen MR) is 120 cm³/mol. The maximum atomic E-state index is 13.2. The van der Waals surface area contributed by atoms with Crippen LogP contribution in [0.3, 0.4) is 0 Å². The zero-order chi connectivity index (χ0) is 20.9. The lowest BCUT2D eigenvalue weighted by Gasteiger charge is -2.23. The molecular formula is C20H18BrN3O3S2. The van der Waals surface area contributed by atoms with Crippen LogP contribution in [-0.2, 0) is 14.8 Å². The number of nitrogens with one attached hydrogen (secondary N) is 1. The summed E-state index contributed by atoms with van der Waals surface area (Å²) in [5.41, 5.74) is 3.83. The molecule has 1 amide bonds. The summed E-state index contributed by atoms with van der Waals surface area (Å²) in [6.07, 6.45) is 1.55. The molecule has 2 aromatic carbocycles. The molecule has 0 saturated carbocycles. The van der Waals surface area contributed by atoms with Crippen molar-refractivity contribution in [2.75, 3.05) is 10.8 Å². The molecule has 6 nitrogen and oxygen atoms in total. The van der Waals surface area contributed by atoms with Gasteiger partial charge in [-0.1, -0.05) is 40.2 Å². The Bertz CT molecular complexity index is 1130. The number of anilines is 1. The van der Waals surface area contributed by atoms with E-state index < -0.39 is 22.5 Å². The van der Waals surface area contributed by atoms with Gasteiger partial charge in [0.25, 0.3) is 15.9 Å². The number of thiophene rings is 1. The number of hydrogen-bond donors (Lipinski definition) is 1. The average molecular weight is 492 g/mol. The van der Waals surface area contributed by atoms with Crippen molar-refractivity contribution in [1.82, 2.24) is 5.43 Å². The van der Waals surface area contributed by atoms with Gasteiger partial charge in [-0.2, -0.15) is 5.10 Å². The zero-order valence-electron chi connectivity index (χ0n) is 15.4. The summed E-state index contributed by atoms with van der Waals surface area (Å²) >= 11 is 4.85. The van der Waals surface area contributed by atoms with Gasteiger partial charge in [0.1, 0.15) is 6.54 Å². The van der Waals surface area contributed by atoms with Gasteiger partial charge in [0.2, 0.25) is 0 Å². The highest BCUT2D eigenvalue weighted by Gasteiger charge is 2.27. The zero-order valence-corrected chi connectivity index (χ0v) is 18.7. The summed E-state index contributed by atoms with van der Waals surface area (Å²) in [7, 11) is -3.94. The molecule has 1 aromatic heterocycles. The molecule has 0 bridgehead atoms. The van der Waals surface area contributed by atoms with Crippen molar-refractivity contribution in [3.05, 3.63) is 81.0 Å². The number of carbonyl (C=O) groups excluding carboxylic acids is 1. The molecule has 0 aliphatic carbocycles. The number of hydrazone groups is 1. The number of benzene rings is 2. The number of aryl methyl sites for hydroxylation is 1. The second kappa shape index (κ2) is 9.34. The molecule has 3 aromatic rings. The molecule has 29 heavy (non-hydrogen) atoms. The molecule has 1 N–H and O–H groups in total. The minimum absolute atomic E-state index is 0.102. The van der Waals surface area contributed by atoms with E-state index in [0.29, 0.717) is 10.2 Å². The van der Waals surface area contributed by atoms with E-state index in [1.165, 1.54) is 23.5 Å². The van der Waals surface area contributed by atoms with E-state index in [-0.39, 0.29) is 4.90 Å². The second-order valence-electron chi connectivity index (χ2n) is 6.07. The molecule has 0 aliphatic heterocycles. The number of amides is 1. The van der Waals surface area contributed by atoms with Crippen LogP contribution in [0.1, 0.15) is 10.4 Å². The fourth-order valence-electron chi connectivity index (χ4n) is 2.51. The molecule has 150 valence electrons. The van der Waals surface area contributed by atoms with Crippen molar-refractivity contribution in [3.63, 3.8) is 0 Å². The van der Waals surface area contributed by atoms with Crippen molar-refractivity contribution in [3.8, 4) is 0 Å². The molecule has 9 heteroatoms. The Labute approximate surface area is 182 Å². The second-order valence-corrected chi connectivity index (χ2v) is 9.79. The molecule has 0 radical (unpaired) electrons. The van der Waals surface area contributed by atoms with E-state index in [9.17, 15) is 13.2 Å². The van der Waals surface area contributed by atoms with Gasteiger partial charge in [0.15, 0.2) is 0 Å². The number of halogens is 1. The molecule has 1 heterocycles. The van der Waals surface area contributed by atoms with Crippen LogP contribution in [0.25, 0.3) is 0 Å². The van der Waals surface area contributed by atoms with E-state index in [4.69, 9.17) is 0 Å². The molecule has 0 fully saturated rings. The number of hydrogen-bond acceptors (Lipinski definition) is 5. The van der Waals surface area contributed by atoms with Crippen LogP contribution in [-0.4, -0.2) is 27.1 Å². The Kier molecular flexibility index (Phi) is 6.83. The van der Waals surface area contributed by atoms with Crippen molar-refractivity contribution in [2.45, 2.75) is 11.8 Å². The summed E-state index contributed by atoms with van der Waals surface area (Å²) in [6, 6.07) is 16.7. The largest absolute Gasteiger partial charge is 0.271 e. The fourth-order valence-corrected chi connectivity index (χ4v) is 5.12. The maximum absolute atomic E-state index is 13.2. The standard InChI is InChI=1S/C20H18BrN3O3S2/c1-15-10-11-28-19(15)13-22-23-20(25)14-24(17-7-5-6-16(21)12-17)29(26,27)18-8-3-2-4-9-18/h2-13H,14H2,1H3,(H,23,25)/b22-13+. The van der Waals surface area contributed by atoms with Crippen LogP contribution in [0, 0.1) is 6.92 Å². The quantitative estimate of drug-likeness (QED) is 0.397. The Morgan fingerprint density at radius 3 is 2.59 bits per heavy atom. The third-order valence-electron chi connectivity index (χ3n) is 3.99. The minimum atomic E-state index is -3.94. The minimum Gasteiger partial charge on any atom is -0.271 e. The smallest absolute Gasteiger partial charge is 0.264 e. The Morgan fingerprint density at radius 1 is 1.17 bits per heavy atom. The van der Waals surface area contributed by atoms with Crippen molar-refractivity contribution >= 4 is 55.1 Å². The summed E-state index contributed by atoms with van der Waals surface area (Å²) in [6.45, 7) is 1.54. The Hall–Kier alpha value is -2.49. The molecule has 3 rings (SSSR count). The summed E-state index contributed by atoms with van der Waals surface area (Å²) in [5.74, 6) is -0.546. The highest BCUT2D eigenvalue weighted by atomic mass is 79.9. The normalized spacial score (nSPS) is 11.5. The van der Waals surface area contributed by atoms with E-state index in [1.54, 1.807) is 48.7 Å². The van der Waals surface area contributed by atoms with E-state index >= 15 is 0 Å². The first-order valence-corrected chi connectivity index (χ1v) is 11.7. The van der Waals surface area contributed by atoms with Crippen molar-refractivity contribution < 1.29 is 13.2 Å². The topological polar surface area (TPSA) is 78.8 Å². The van der Waals surface area contributed by atoms with Crippen LogP contribution in [0.2, 0.25) is 0 Å². The first-order valence-electron chi connectivity index (χ1n) is 8.57. The summed E-state index contributed by atoms with van der Waals surface area (Å²) in [5, 5.41) is 5.88. The fraction of sp³-hybridized carbons (Fsp3) is 0.100. The SMILES string of the molecule is Cc1ccsc1/C=N/NC(=O)CN(c1cccc(Br)c1)S(=O)(=O)c1ccccc1. The molecular weight excluding hydrogens is 474 g/mol. The number of rotatable bonds is 7. The van der Waals surface area contributed by atoms with Crippen molar-refractivity contribution in [1.29, 1.82) is 0 Å². The first kappa shape index (κ1) is 21.2. The van der Waals surface area contributed by atoms with Crippen LogP contribution in [0.5, 0.6) is 0 Å². The maximum Gasteiger partial charge on any atom is 0.264 e. The van der Waals surface area contributed by atoms with E-state index in [0.717, 1.165) is 14.7 Å². The molecule has 0 atom stereocenters. The first-order chi connectivity index (χ1) is 13.9. The van der Waals surface area contributed by atoms with Gasteiger partial charge in [-0.15, -0.1) is 11.3 Å². The van der Waals surface area contributed by atoms with Gasteiger partial charge in [-0.05, 0) is 54.3 Å². The molecule has 0 spiro atoms. The average Bonchev–Trinajstić information content (AvgIpc) is 3.11. The van der Waals surface area contributed by atoms with Gasteiger partial charge in [-0.3, -0.25) is 9.10 Å². The third kappa shape index (κ3) is 5.31. The predicted octanol–water partition coefficient (Wildman–Crippen LogP) is 4.16.